The number of hydrogen-bond acceptors (Lipinski definition) is 1. The van der Waals surface area contributed by atoms with Crippen LogP contribution in [0.2, 0.25) is 18.1 Å². The molecular weight excluding hydrogens is 236 g/mol. The molecule has 2 atom stereocenters. The van der Waals surface area contributed by atoms with Gasteiger partial charge in [-0.1, -0.05) is 39.3 Å². The average molecular weight is 269 g/mol. The Labute approximate surface area is 115 Å². The van der Waals surface area contributed by atoms with Gasteiger partial charge in [0.05, 0.1) is 0 Å². The lowest BCUT2D eigenvalue weighted by atomic mass is 9.82. The first-order valence-corrected chi connectivity index (χ1v) is 10.3. The van der Waals surface area contributed by atoms with Crippen LogP contribution in [0.1, 0.15) is 53.9 Å². The van der Waals surface area contributed by atoms with Gasteiger partial charge in [0.2, 0.25) is 0 Å². The molecule has 1 aliphatic carbocycles. The topological polar surface area (TPSA) is 9.23 Å². The predicted molar refractivity (Wildman–Crippen MR) is 83.4 cm³/mol. The Kier molecular flexibility index (Phi) is 5.25. The zero-order valence-corrected chi connectivity index (χ0v) is 14.5. The van der Waals surface area contributed by atoms with E-state index < -0.39 is 8.32 Å². The smallest absolute Gasteiger partial charge is 0.191 e. The van der Waals surface area contributed by atoms with Crippen molar-refractivity contribution in [3.8, 4) is 0 Å². The number of hydrogen-bond donors (Lipinski definition) is 0. The predicted octanol–water partition coefficient (Wildman–Crippen LogP) is 5.39. The van der Waals surface area contributed by atoms with Gasteiger partial charge in [-0.25, -0.2) is 0 Å². The van der Waals surface area contributed by atoms with Crippen LogP contribution in [-0.4, -0.2) is 14.9 Å². The molecule has 0 amide bonds. The SMILES string of the molecule is CC1=CCC(C(C)CO[Si](C)(C)C(C)(C)C)CC1. The third kappa shape index (κ3) is 4.24. The molecule has 1 aliphatic rings. The molecule has 0 aliphatic heterocycles. The van der Waals surface area contributed by atoms with Gasteiger partial charge in [-0.05, 0) is 56.2 Å². The zero-order valence-electron chi connectivity index (χ0n) is 13.5. The maximum Gasteiger partial charge on any atom is 0.191 e. The maximum atomic E-state index is 6.35. The van der Waals surface area contributed by atoms with Crippen LogP contribution in [0.3, 0.4) is 0 Å². The van der Waals surface area contributed by atoms with E-state index in [9.17, 15) is 0 Å². The summed E-state index contributed by atoms with van der Waals surface area (Å²) in [7, 11) is -1.56. The van der Waals surface area contributed by atoms with E-state index >= 15 is 0 Å². The minimum absolute atomic E-state index is 0.329. The Morgan fingerprint density at radius 1 is 1.39 bits per heavy atom. The van der Waals surface area contributed by atoms with Crippen molar-refractivity contribution in [2.75, 3.05) is 6.61 Å². The first-order chi connectivity index (χ1) is 8.13. The fourth-order valence-electron chi connectivity index (χ4n) is 2.19. The van der Waals surface area contributed by atoms with Crippen LogP contribution in [0, 0.1) is 11.8 Å². The van der Waals surface area contributed by atoms with Gasteiger partial charge in [-0.2, -0.15) is 0 Å². The van der Waals surface area contributed by atoms with Crippen LogP contribution in [-0.2, 0) is 4.43 Å². The van der Waals surface area contributed by atoms with Crippen LogP contribution in [0.25, 0.3) is 0 Å². The summed E-state index contributed by atoms with van der Waals surface area (Å²) in [5, 5.41) is 0.329. The lowest BCUT2D eigenvalue weighted by Crippen LogP contribution is -2.42. The summed E-state index contributed by atoms with van der Waals surface area (Å²) in [6.07, 6.45) is 6.32. The first-order valence-electron chi connectivity index (χ1n) is 7.43. The van der Waals surface area contributed by atoms with E-state index in [-0.39, 0.29) is 0 Å². The van der Waals surface area contributed by atoms with Gasteiger partial charge in [0, 0.05) is 6.61 Å². The van der Waals surface area contributed by atoms with Gasteiger partial charge in [0.25, 0.3) is 0 Å². The van der Waals surface area contributed by atoms with E-state index in [0.29, 0.717) is 11.0 Å². The molecule has 2 unspecified atom stereocenters. The summed E-state index contributed by atoms with van der Waals surface area (Å²) in [4.78, 5) is 0. The summed E-state index contributed by atoms with van der Waals surface area (Å²) in [5.74, 6) is 1.53. The molecule has 0 N–H and O–H groups in total. The molecule has 0 saturated heterocycles. The third-order valence-corrected chi connectivity index (χ3v) is 9.50. The van der Waals surface area contributed by atoms with Crippen molar-refractivity contribution in [1.29, 1.82) is 0 Å². The molecule has 0 spiro atoms. The van der Waals surface area contributed by atoms with Crippen LogP contribution < -0.4 is 0 Å². The van der Waals surface area contributed by atoms with Crippen molar-refractivity contribution < 1.29 is 4.43 Å². The molecule has 106 valence electrons. The van der Waals surface area contributed by atoms with Crippen molar-refractivity contribution in [2.24, 2.45) is 11.8 Å². The Morgan fingerprint density at radius 2 is 2.00 bits per heavy atom. The molecule has 0 fully saturated rings. The van der Waals surface area contributed by atoms with Crippen LogP contribution >= 0.6 is 0 Å². The monoisotopic (exact) mass is 268 g/mol. The van der Waals surface area contributed by atoms with Crippen molar-refractivity contribution >= 4 is 8.32 Å². The minimum Gasteiger partial charge on any atom is -0.417 e. The van der Waals surface area contributed by atoms with Crippen LogP contribution in [0.5, 0.6) is 0 Å². The fraction of sp³-hybridized carbons (Fsp3) is 0.875. The maximum absolute atomic E-state index is 6.35. The van der Waals surface area contributed by atoms with Gasteiger partial charge >= 0.3 is 0 Å². The number of allylic oxidation sites excluding steroid dienone is 2. The van der Waals surface area contributed by atoms with Crippen LogP contribution in [0.15, 0.2) is 11.6 Å². The summed E-state index contributed by atoms with van der Waals surface area (Å²) >= 11 is 0. The molecule has 0 saturated carbocycles. The lowest BCUT2D eigenvalue weighted by Gasteiger charge is -2.38. The molecule has 1 nitrogen and oxygen atoms in total. The average Bonchev–Trinajstić information content (AvgIpc) is 2.25. The largest absolute Gasteiger partial charge is 0.417 e. The summed E-state index contributed by atoms with van der Waals surface area (Å²) in [6, 6.07) is 0. The Balaban J connectivity index is 2.44. The Hall–Kier alpha value is -0.0831. The van der Waals surface area contributed by atoms with Gasteiger partial charge in [0.15, 0.2) is 8.32 Å². The highest BCUT2D eigenvalue weighted by molar-refractivity contribution is 6.74. The quantitative estimate of drug-likeness (QED) is 0.490. The molecule has 0 aromatic carbocycles. The highest BCUT2D eigenvalue weighted by Gasteiger charge is 2.37. The molecule has 0 radical (unpaired) electrons. The standard InChI is InChI=1S/C16H32OSi/c1-13-8-10-15(11-9-13)14(2)12-17-18(6,7)16(3,4)5/h8,14-15H,9-12H2,1-7H3. The van der Waals surface area contributed by atoms with Crippen molar-refractivity contribution in [1.82, 2.24) is 0 Å². The Morgan fingerprint density at radius 3 is 2.44 bits per heavy atom. The molecule has 1 rings (SSSR count). The zero-order chi connectivity index (χ0) is 14.0. The van der Waals surface area contributed by atoms with E-state index in [1.165, 1.54) is 19.3 Å². The van der Waals surface area contributed by atoms with Gasteiger partial charge < -0.3 is 4.43 Å². The second-order valence-corrected chi connectivity index (χ2v) is 12.4. The molecule has 0 aromatic rings. The Bertz CT molecular complexity index is 299. The summed E-state index contributed by atoms with van der Waals surface area (Å²) < 4.78 is 6.35. The first kappa shape index (κ1) is 16.0. The van der Waals surface area contributed by atoms with Crippen LogP contribution in [0.4, 0.5) is 0 Å². The molecule has 18 heavy (non-hydrogen) atoms. The van der Waals surface area contributed by atoms with Gasteiger partial charge in [-0.15, -0.1) is 0 Å². The normalized spacial score (nSPS) is 23.7. The minimum atomic E-state index is -1.56. The van der Waals surface area contributed by atoms with E-state index in [1.54, 1.807) is 5.57 Å². The van der Waals surface area contributed by atoms with E-state index in [2.05, 4.69) is 53.8 Å². The van der Waals surface area contributed by atoms with E-state index in [0.717, 1.165) is 12.5 Å². The highest BCUT2D eigenvalue weighted by Crippen LogP contribution is 2.37. The lowest BCUT2D eigenvalue weighted by molar-refractivity contribution is 0.183. The molecule has 0 bridgehead atoms. The highest BCUT2D eigenvalue weighted by atomic mass is 28.4. The van der Waals surface area contributed by atoms with E-state index in [4.69, 9.17) is 4.43 Å². The second kappa shape index (κ2) is 5.92. The number of rotatable bonds is 4. The second-order valence-electron chi connectivity index (χ2n) is 7.63. The molecular formula is C16H32OSi. The van der Waals surface area contributed by atoms with Crippen molar-refractivity contribution in [3.05, 3.63) is 11.6 Å². The molecule has 0 heterocycles. The third-order valence-electron chi connectivity index (χ3n) is 5.00. The van der Waals surface area contributed by atoms with Crippen molar-refractivity contribution in [2.45, 2.75) is 72.0 Å². The summed E-state index contributed by atoms with van der Waals surface area (Å²) in [5.41, 5.74) is 1.57. The molecule has 2 heteroatoms. The van der Waals surface area contributed by atoms with Crippen molar-refractivity contribution in [3.63, 3.8) is 0 Å². The van der Waals surface area contributed by atoms with Gasteiger partial charge in [0.1, 0.15) is 0 Å². The molecule has 0 aromatic heterocycles. The summed E-state index contributed by atoms with van der Waals surface area (Å²) in [6.45, 7) is 17.2. The fourth-order valence-corrected chi connectivity index (χ4v) is 3.31. The van der Waals surface area contributed by atoms with E-state index in [1.807, 2.05) is 0 Å². The van der Waals surface area contributed by atoms with Gasteiger partial charge in [-0.3, -0.25) is 0 Å².